The molecule has 0 spiro atoms. The number of pyridine rings is 1. The summed E-state index contributed by atoms with van der Waals surface area (Å²) in [6.45, 7) is 2.11. The van der Waals surface area contributed by atoms with Gasteiger partial charge in [-0.15, -0.1) is 0 Å². The highest BCUT2D eigenvalue weighted by atomic mass is 35.5. The van der Waals surface area contributed by atoms with E-state index in [4.69, 9.17) is 23.2 Å². The number of amides is 1. The third kappa shape index (κ3) is 4.19. The van der Waals surface area contributed by atoms with Crippen LogP contribution in [0.4, 0.5) is 5.82 Å². The number of carbonyl (C=O) groups is 1. The molecule has 7 nitrogen and oxygen atoms in total. The summed E-state index contributed by atoms with van der Waals surface area (Å²) in [5.41, 5.74) is 0.314. The van der Waals surface area contributed by atoms with E-state index in [1.54, 1.807) is 29.2 Å². The zero-order chi connectivity index (χ0) is 19.6. The Bertz CT molecular complexity index is 923. The van der Waals surface area contributed by atoms with E-state index >= 15 is 0 Å². The standard InChI is InChI=1S/C17H18Cl2N4O3S/c1-20-27(25,26)12-5-6-15(21-11-12)22-7-9-23(10-8-22)17(24)16-13(18)3-2-4-14(16)19/h2-6,11,20H,7-10H2,1H3. The van der Waals surface area contributed by atoms with Crippen molar-refractivity contribution in [1.82, 2.24) is 14.6 Å². The number of anilines is 1. The summed E-state index contributed by atoms with van der Waals surface area (Å²) in [6.07, 6.45) is 1.32. The highest BCUT2D eigenvalue weighted by Gasteiger charge is 2.26. The molecule has 1 aromatic heterocycles. The molecule has 2 heterocycles. The second kappa shape index (κ2) is 8.02. The summed E-state index contributed by atoms with van der Waals surface area (Å²) in [6, 6.07) is 8.15. The van der Waals surface area contributed by atoms with Gasteiger partial charge in [0.05, 0.1) is 15.6 Å². The number of hydrogen-bond donors (Lipinski definition) is 1. The van der Waals surface area contributed by atoms with Crippen molar-refractivity contribution in [2.45, 2.75) is 4.90 Å². The highest BCUT2D eigenvalue weighted by molar-refractivity contribution is 7.89. The average Bonchev–Trinajstić information content (AvgIpc) is 2.68. The summed E-state index contributed by atoms with van der Waals surface area (Å²) in [4.78, 5) is 20.8. The van der Waals surface area contributed by atoms with Crippen LogP contribution < -0.4 is 9.62 Å². The van der Waals surface area contributed by atoms with Crippen molar-refractivity contribution in [3.63, 3.8) is 0 Å². The fourth-order valence-electron chi connectivity index (χ4n) is 2.84. The van der Waals surface area contributed by atoms with E-state index in [1.165, 1.54) is 19.3 Å². The van der Waals surface area contributed by atoms with Crippen molar-refractivity contribution in [3.8, 4) is 0 Å². The molecule has 0 atom stereocenters. The van der Waals surface area contributed by atoms with Crippen molar-refractivity contribution in [2.24, 2.45) is 0 Å². The normalized spacial score (nSPS) is 15.1. The van der Waals surface area contributed by atoms with Crippen molar-refractivity contribution >= 4 is 45.0 Å². The SMILES string of the molecule is CNS(=O)(=O)c1ccc(N2CCN(C(=O)c3c(Cl)cccc3Cl)CC2)nc1. The number of nitrogens with zero attached hydrogens (tertiary/aromatic N) is 3. The number of hydrogen-bond acceptors (Lipinski definition) is 5. The van der Waals surface area contributed by atoms with Gasteiger partial charge < -0.3 is 9.80 Å². The van der Waals surface area contributed by atoms with Crippen molar-refractivity contribution in [1.29, 1.82) is 0 Å². The molecule has 10 heteroatoms. The first-order valence-electron chi connectivity index (χ1n) is 8.21. The van der Waals surface area contributed by atoms with E-state index in [9.17, 15) is 13.2 Å². The lowest BCUT2D eigenvalue weighted by Gasteiger charge is -2.35. The lowest BCUT2D eigenvalue weighted by Crippen LogP contribution is -2.49. The average molecular weight is 429 g/mol. The summed E-state index contributed by atoms with van der Waals surface area (Å²) in [7, 11) is -2.16. The Kier molecular flexibility index (Phi) is 5.90. The van der Waals surface area contributed by atoms with E-state index in [0.717, 1.165) is 0 Å². The van der Waals surface area contributed by atoms with Crippen LogP contribution in [-0.4, -0.2) is 57.4 Å². The maximum Gasteiger partial charge on any atom is 0.257 e. The minimum Gasteiger partial charge on any atom is -0.353 e. The zero-order valence-electron chi connectivity index (χ0n) is 14.5. The Balaban J connectivity index is 1.68. The molecule has 0 saturated carbocycles. The van der Waals surface area contributed by atoms with E-state index in [2.05, 4.69) is 9.71 Å². The van der Waals surface area contributed by atoms with E-state index in [0.29, 0.717) is 47.6 Å². The van der Waals surface area contributed by atoms with Gasteiger partial charge in [0.2, 0.25) is 10.0 Å². The summed E-state index contributed by atoms with van der Waals surface area (Å²) in [5, 5.41) is 0.663. The third-order valence-corrected chi connectivity index (χ3v) is 6.40. The number of nitrogens with one attached hydrogen (secondary N) is 1. The Morgan fingerprint density at radius 3 is 2.22 bits per heavy atom. The fourth-order valence-corrected chi connectivity index (χ4v) is 4.07. The molecule has 1 fully saturated rings. The molecular weight excluding hydrogens is 411 g/mol. The van der Waals surface area contributed by atoms with Gasteiger partial charge in [-0.2, -0.15) is 0 Å². The maximum atomic E-state index is 12.7. The smallest absolute Gasteiger partial charge is 0.257 e. The molecule has 0 aliphatic carbocycles. The van der Waals surface area contributed by atoms with Gasteiger partial charge in [-0.25, -0.2) is 18.1 Å². The minimum absolute atomic E-state index is 0.107. The molecule has 3 rings (SSSR count). The van der Waals surface area contributed by atoms with Crippen LogP contribution in [0.1, 0.15) is 10.4 Å². The van der Waals surface area contributed by atoms with Gasteiger partial charge in [0.15, 0.2) is 0 Å². The van der Waals surface area contributed by atoms with Crippen LogP contribution in [0.25, 0.3) is 0 Å². The molecule has 0 unspecified atom stereocenters. The number of halogens is 2. The molecule has 144 valence electrons. The van der Waals surface area contributed by atoms with Gasteiger partial charge in [-0.3, -0.25) is 4.79 Å². The molecule has 2 aromatic rings. The molecule has 1 aliphatic rings. The van der Waals surface area contributed by atoms with Crippen LogP contribution in [0, 0.1) is 0 Å². The number of carbonyl (C=O) groups excluding carboxylic acids is 1. The quantitative estimate of drug-likeness (QED) is 0.807. The molecular formula is C17H18Cl2N4O3S. The summed E-state index contributed by atoms with van der Waals surface area (Å²) < 4.78 is 25.8. The number of benzene rings is 1. The number of rotatable bonds is 4. The molecule has 27 heavy (non-hydrogen) atoms. The Morgan fingerprint density at radius 1 is 1.07 bits per heavy atom. The molecule has 1 N–H and O–H groups in total. The van der Waals surface area contributed by atoms with Crippen molar-refractivity contribution < 1.29 is 13.2 Å². The summed E-state index contributed by atoms with van der Waals surface area (Å²) >= 11 is 12.3. The topological polar surface area (TPSA) is 82.6 Å². The van der Waals surface area contributed by atoms with Gasteiger partial charge >= 0.3 is 0 Å². The first-order valence-corrected chi connectivity index (χ1v) is 10.5. The predicted octanol–water partition coefficient (Wildman–Crippen LogP) is 2.26. The molecule has 1 aliphatic heterocycles. The predicted molar refractivity (Wildman–Crippen MR) is 105 cm³/mol. The van der Waals surface area contributed by atoms with E-state index in [1.807, 2.05) is 4.90 Å². The van der Waals surface area contributed by atoms with Gasteiger partial charge in [0.25, 0.3) is 5.91 Å². The first kappa shape index (κ1) is 19.9. The number of aromatic nitrogens is 1. The van der Waals surface area contributed by atoms with Crippen molar-refractivity contribution in [2.75, 3.05) is 38.1 Å². The van der Waals surface area contributed by atoms with Gasteiger partial charge in [0, 0.05) is 32.4 Å². The molecule has 1 saturated heterocycles. The lowest BCUT2D eigenvalue weighted by molar-refractivity contribution is 0.0747. The minimum atomic E-state index is -3.51. The van der Waals surface area contributed by atoms with Crippen molar-refractivity contribution in [3.05, 3.63) is 52.1 Å². The van der Waals surface area contributed by atoms with Crippen LogP contribution in [0.3, 0.4) is 0 Å². The lowest BCUT2D eigenvalue weighted by atomic mass is 10.1. The number of piperazine rings is 1. The summed E-state index contributed by atoms with van der Waals surface area (Å²) in [5.74, 6) is 0.460. The van der Waals surface area contributed by atoms with Crippen LogP contribution in [-0.2, 0) is 10.0 Å². The largest absolute Gasteiger partial charge is 0.353 e. The second-order valence-corrected chi connectivity index (χ2v) is 8.64. The molecule has 0 radical (unpaired) electrons. The van der Waals surface area contributed by atoms with Gasteiger partial charge in [0.1, 0.15) is 10.7 Å². The Morgan fingerprint density at radius 2 is 1.70 bits per heavy atom. The Labute approximate surface area is 167 Å². The second-order valence-electron chi connectivity index (χ2n) is 5.94. The third-order valence-electron chi connectivity index (χ3n) is 4.37. The van der Waals surface area contributed by atoms with E-state index < -0.39 is 10.0 Å². The number of sulfonamides is 1. The molecule has 1 amide bonds. The Hall–Kier alpha value is -1.87. The maximum absolute atomic E-state index is 12.7. The molecule has 0 bridgehead atoms. The van der Waals surface area contributed by atoms with Gasteiger partial charge in [-0.05, 0) is 31.3 Å². The highest BCUT2D eigenvalue weighted by Crippen LogP contribution is 2.26. The van der Waals surface area contributed by atoms with Crippen LogP contribution in [0.15, 0.2) is 41.4 Å². The zero-order valence-corrected chi connectivity index (χ0v) is 16.9. The fraction of sp³-hybridized carbons (Fsp3) is 0.294. The van der Waals surface area contributed by atoms with Crippen LogP contribution in [0.5, 0.6) is 0 Å². The van der Waals surface area contributed by atoms with E-state index in [-0.39, 0.29) is 10.8 Å². The monoisotopic (exact) mass is 428 g/mol. The first-order chi connectivity index (χ1) is 12.8. The van der Waals surface area contributed by atoms with Crippen LogP contribution in [0.2, 0.25) is 10.0 Å². The molecule has 1 aromatic carbocycles. The van der Waals surface area contributed by atoms with Gasteiger partial charge in [-0.1, -0.05) is 29.3 Å². The van der Waals surface area contributed by atoms with Crippen LogP contribution >= 0.6 is 23.2 Å².